The number of halogens is 1. The lowest BCUT2D eigenvalue weighted by Crippen LogP contribution is -2.49. The maximum Gasteiger partial charge on any atom is 0.330 e. The van der Waals surface area contributed by atoms with Crippen molar-refractivity contribution in [2.24, 2.45) is 0 Å². The monoisotopic (exact) mass is 413 g/mol. The summed E-state index contributed by atoms with van der Waals surface area (Å²) in [5, 5.41) is 11.6. The van der Waals surface area contributed by atoms with E-state index in [0.29, 0.717) is 43.0 Å². The number of hydrogen-bond donors (Lipinski definition) is 0. The lowest BCUT2D eigenvalue weighted by molar-refractivity contribution is -0.384. The SMILES string of the molecule is COC(=O)C=Cc1ccc(N2CCN(C(=O)c3ccc(F)cc3)CC2)c([N+](=O)[O-])c1. The van der Waals surface area contributed by atoms with Crippen LogP contribution in [0.1, 0.15) is 15.9 Å². The van der Waals surface area contributed by atoms with Crippen LogP contribution in [-0.4, -0.2) is 55.0 Å². The Morgan fingerprint density at radius 3 is 2.37 bits per heavy atom. The molecule has 0 bridgehead atoms. The summed E-state index contributed by atoms with van der Waals surface area (Å²) >= 11 is 0. The van der Waals surface area contributed by atoms with E-state index in [1.165, 1.54) is 49.6 Å². The lowest BCUT2D eigenvalue weighted by atomic mass is 10.1. The van der Waals surface area contributed by atoms with Crippen molar-refractivity contribution in [2.75, 3.05) is 38.2 Å². The van der Waals surface area contributed by atoms with Crippen LogP contribution in [0.4, 0.5) is 15.8 Å². The second-order valence-electron chi connectivity index (χ2n) is 6.65. The molecule has 1 aliphatic heterocycles. The molecule has 1 fully saturated rings. The van der Waals surface area contributed by atoms with Gasteiger partial charge in [0.1, 0.15) is 11.5 Å². The number of esters is 1. The summed E-state index contributed by atoms with van der Waals surface area (Å²) < 4.78 is 17.6. The number of nitro groups is 1. The number of benzene rings is 2. The number of carbonyl (C=O) groups excluding carboxylic acids is 2. The fourth-order valence-electron chi connectivity index (χ4n) is 3.22. The molecule has 1 aliphatic rings. The molecule has 0 radical (unpaired) electrons. The molecule has 1 heterocycles. The van der Waals surface area contributed by atoms with Crippen LogP contribution >= 0.6 is 0 Å². The van der Waals surface area contributed by atoms with Gasteiger partial charge in [0, 0.05) is 43.9 Å². The maximum absolute atomic E-state index is 13.1. The highest BCUT2D eigenvalue weighted by atomic mass is 19.1. The van der Waals surface area contributed by atoms with Crippen LogP contribution in [0.5, 0.6) is 0 Å². The number of amides is 1. The van der Waals surface area contributed by atoms with Gasteiger partial charge >= 0.3 is 5.97 Å². The molecule has 156 valence electrons. The number of nitro benzene ring substituents is 1. The van der Waals surface area contributed by atoms with E-state index < -0.39 is 16.7 Å². The van der Waals surface area contributed by atoms with E-state index in [1.807, 2.05) is 4.90 Å². The third kappa shape index (κ3) is 4.80. The summed E-state index contributed by atoms with van der Waals surface area (Å²) in [5.74, 6) is -1.16. The number of rotatable bonds is 5. The Balaban J connectivity index is 1.72. The number of hydrogen-bond acceptors (Lipinski definition) is 6. The predicted molar refractivity (Wildman–Crippen MR) is 109 cm³/mol. The van der Waals surface area contributed by atoms with Crippen molar-refractivity contribution in [3.8, 4) is 0 Å². The van der Waals surface area contributed by atoms with Gasteiger partial charge in [-0.3, -0.25) is 14.9 Å². The van der Waals surface area contributed by atoms with Gasteiger partial charge in [0.2, 0.25) is 0 Å². The summed E-state index contributed by atoms with van der Waals surface area (Å²) in [5.41, 5.74) is 1.27. The Kier molecular flexibility index (Phi) is 6.41. The summed E-state index contributed by atoms with van der Waals surface area (Å²) in [6, 6.07) is 10.1. The Hall–Kier alpha value is -3.75. The van der Waals surface area contributed by atoms with Crippen LogP contribution < -0.4 is 4.90 Å². The molecule has 30 heavy (non-hydrogen) atoms. The van der Waals surface area contributed by atoms with Crippen LogP contribution in [0.15, 0.2) is 48.5 Å². The number of methoxy groups -OCH3 is 1. The highest BCUT2D eigenvalue weighted by Gasteiger charge is 2.26. The minimum Gasteiger partial charge on any atom is -0.466 e. The minimum absolute atomic E-state index is 0.0830. The van der Waals surface area contributed by atoms with E-state index in [2.05, 4.69) is 4.74 Å². The van der Waals surface area contributed by atoms with Crippen molar-refractivity contribution < 1.29 is 23.6 Å². The summed E-state index contributed by atoms with van der Waals surface area (Å²) in [4.78, 5) is 38.4. The highest BCUT2D eigenvalue weighted by Crippen LogP contribution is 2.30. The number of ether oxygens (including phenoxy) is 1. The van der Waals surface area contributed by atoms with E-state index in [4.69, 9.17) is 0 Å². The minimum atomic E-state index is -0.552. The van der Waals surface area contributed by atoms with E-state index in [0.717, 1.165) is 0 Å². The quantitative estimate of drug-likeness (QED) is 0.324. The van der Waals surface area contributed by atoms with Gasteiger partial charge in [0.15, 0.2) is 0 Å². The third-order valence-electron chi connectivity index (χ3n) is 4.81. The first-order valence-corrected chi connectivity index (χ1v) is 9.23. The molecule has 3 rings (SSSR count). The third-order valence-corrected chi connectivity index (χ3v) is 4.81. The van der Waals surface area contributed by atoms with Gasteiger partial charge in [-0.25, -0.2) is 9.18 Å². The van der Waals surface area contributed by atoms with Gasteiger partial charge in [0.25, 0.3) is 11.6 Å². The van der Waals surface area contributed by atoms with Crippen LogP contribution in [0.3, 0.4) is 0 Å². The molecule has 0 saturated carbocycles. The van der Waals surface area contributed by atoms with Crippen molar-refractivity contribution >= 4 is 29.3 Å². The van der Waals surface area contributed by atoms with Crippen molar-refractivity contribution in [3.63, 3.8) is 0 Å². The number of carbonyl (C=O) groups is 2. The van der Waals surface area contributed by atoms with Gasteiger partial charge in [-0.1, -0.05) is 6.07 Å². The second-order valence-corrected chi connectivity index (χ2v) is 6.65. The van der Waals surface area contributed by atoms with E-state index >= 15 is 0 Å². The number of anilines is 1. The summed E-state index contributed by atoms with van der Waals surface area (Å²) in [7, 11) is 1.25. The van der Waals surface area contributed by atoms with Gasteiger partial charge in [0.05, 0.1) is 12.0 Å². The summed E-state index contributed by atoms with van der Waals surface area (Å²) in [6.45, 7) is 1.62. The Bertz CT molecular complexity index is 983. The van der Waals surface area contributed by atoms with Crippen molar-refractivity contribution in [2.45, 2.75) is 0 Å². The molecule has 1 amide bonds. The smallest absolute Gasteiger partial charge is 0.330 e. The molecular formula is C21H20FN3O5. The Labute approximate surface area is 172 Å². The predicted octanol–water partition coefficient (Wildman–Crippen LogP) is 2.88. The molecule has 2 aromatic rings. The van der Waals surface area contributed by atoms with E-state index in [1.54, 1.807) is 17.0 Å². The first-order chi connectivity index (χ1) is 14.4. The Morgan fingerprint density at radius 1 is 1.10 bits per heavy atom. The lowest BCUT2D eigenvalue weighted by Gasteiger charge is -2.35. The van der Waals surface area contributed by atoms with E-state index in [9.17, 15) is 24.1 Å². The average molecular weight is 413 g/mol. The highest BCUT2D eigenvalue weighted by molar-refractivity contribution is 5.94. The van der Waals surface area contributed by atoms with Crippen molar-refractivity contribution in [1.82, 2.24) is 4.90 Å². The molecule has 1 saturated heterocycles. The van der Waals surface area contributed by atoms with Crippen molar-refractivity contribution in [3.05, 3.63) is 75.6 Å². The molecule has 0 aliphatic carbocycles. The molecule has 0 unspecified atom stereocenters. The molecule has 8 nitrogen and oxygen atoms in total. The van der Waals surface area contributed by atoms with Crippen LogP contribution in [-0.2, 0) is 9.53 Å². The van der Waals surface area contributed by atoms with Crippen molar-refractivity contribution in [1.29, 1.82) is 0 Å². The zero-order valence-electron chi connectivity index (χ0n) is 16.3. The molecular weight excluding hydrogens is 393 g/mol. The first-order valence-electron chi connectivity index (χ1n) is 9.23. The molecule has 2 aromatic carbocycles. The van der Waals surface area contributed by atoms with Gasteiger partial charge in [-0.2, -0.15) is 0 Å². The van der Waals surface area contributed by atoms with Crippen LogP contribution in [0.25, 0.3) is 6.08 Å². The maximum atomic E-state index is 13.1. The van der Waals surface area contributed by atoms with Crippen LogP contribution in [0, 0.1) is 15.9 Å². The normalized spacial score (nSPS) is 14.1. The fraction of sp³-hybridized carbons (Fsp3) is 0.238. The molecule has 0 N–H and O–H groups in total. The van der Waals surface area contributed by atoms with Crippen LogP contribution in [0.2, 0.25) is 0 Å². The molecule has 0 spiro atoms. The van der Waals surface area contributed by atoms with Gasteiger partial charge in [-0.05, 0) is 42.0 Å². The molecule has 9 heteroatoms. The Morgan fingerprint density at radius 2 is 1.77 bits per heavy atom. The number of piperazine rings is 1. The van der Waals surface area contributed by atoms with E-state index in [-0.39, 0.29) is 11.6 Å². The zero-order chi connectivity index (χ0) is 21.7. The second kappa shape index (κ2) is 9.17. The van der Waals surface area contributed by atoms with Gasteiger partial charge in [-0.15, -0.1) is 0 Å². The topological polar surface area (TPSA) is 93.0 Å². The fourth-order valence-corrected chi connectivity index (χ4v) is 3.22. The first kappa shape index (κ1) is 21.0. The largest absolute Gasteiger partial charge is 0.466 e. The molecule has 0 atom stereocenters. The molecule has 0 aromatic heterocycles. The summed E-state index contributed by atoms with van der Waals surface area (Å²) in [6.07, 6.45) is 2.64. The average Bonchev–Trinajstić information content (AvgIpc) is 2.77. The number of nitrogens with zero attached hydrogens (tertiary/aromatic N) is 3. The van der Waals surface area contributed by atoms with Gasteiger partial charge < -0.3 is 14.5 Å². The zero-order valence-corrected chi connectivity index (χ0v) is 16.3. The standard InChI is InChI=1S/C21H20FN3O5/c1-30-20(26)9-3-15-2-8-18(19(14-15)25(28)29)23-10-12-24(13-11-23)21(27)16-4-6-17(22)7-5-16/h2-9,14H,10-13H2,1H3.